The maximum Gasteiger partial charge on any atom is 0.0956 e. The molecule has 0 saturated heterocycles. The lowest BCUT2D eigenvalue weighted by Crippen LogP contribution is -2.33. The number of nitrogens with zero attached hydrogens (tertiary/aromatic N) is 2. The van der Waals surface area contributed by atoms with Crippen molar-refractivity contribution < 1.29 is 0 Å². The largest absolute Gasteiger partial charge is 0.398 e. The van der Waals surface area contributed by atoms with Crippen LogP contribution in [0.3, 0.4) is 0 Å². The highest BCUT2D eigenvalue weighted by atomic mass is 79.9. The number of pyridine rings is 1. The van der Waals surface area contributed by atoms with Gasteiger partial charge in [-0.1, -0.05) is 12.8 Å². The van der Waals surface area contributed by atoms with E-state index in [1.54, 1.807) is 0 Å². The molecule has 3 nitrogen and oxygen atoms in total. The molecule has 20 heavy (non-hydrogen) atoms. The molecule has 1 aromatic heterocycles. The summed E-state index contributed by atoms with van der Waals surface area (Å²) in [6, 6.07) is 6.84. The van der Waals surface area contributed by atoms with Crippen molar-refractivity contribution in [3.8, 4) is 0 Å². The van der Waals surface area contributed by atoms with Gasteiger partial charge in [0.1, 0.15) is 0 Å². The number of nitrogen functional groups attached to an aromatic ring is 1. The van der Waals surface area contributed by atoms with Crippen LogP contribution in [0.5, 0.6) is 0 Å². The van der Waals surface area contributed by atoms with E-state index < -0.39 is 0 Å². The van der Waals surface area contributed by atoms with Crippen LogP contribution in [0.25, 0.3) is 10.9 Å². The predicted octanol–water partition coefficient (Wildman–Crippen LogP) is 4.35. The van der Waals surface area contributed by atoms with Crippen LogP contribution in [-0.4, -0.2) is 17.6 Å². The first-order valence-electron chi connectivity index (χ1n) is 7.31. The second-order valence-electron chi connectivity index (χ2n) is 5.45. The summed E-state index contributed by atoms with van der Waals surface area (Å²) in [7, 11) is 0. The van der Waals surface area contributed by atoms with E-state index in [1.165, 1.54) is 31.4 Å². The van der Waals surface area contributed by atoms with Crippen molar-refractivity contribution in [2.45, 2.75) is 38.6 Å². The minimum Gasteiger partial charge on any atom is -0.398 e. The number of fused-ring (bicyclic) bond motifs is 1. The maximum atomic E-state index is 6.11. The van der Waals surface area contributed by atoms with Crippen molar-refractivity contribution >= 4 is 38.2 Å². The molecular weight excluding hydrogens is 314 g/mol. The van der Waals surface area contributed by atoms with Crippen LogP contribution in [0.4, 0.5) is 11.4 Å². The minimum absolute atomic E-state index is 0.650. The van der Waals surface area contributed by atoms with E-state index in [1.807, 2.05) is 12.3 Å². The molecule has 0 bridgehead atoms. The normalized spacial score (nSPS) is 15.9. The first-order chi connectivity index (χ1) is 9.70. The number of anilines is 2. The highest BCUT2D eigenvalue weighted by Crippen LogP contribution is 2.35. The zero-order valence-electron chi connectivity index (χ0n) is 11.8. The van der Waals surface area contributed by atoms with Gasteiger partial charge in [0.05, 0.1) is 11.2 Å². The standard InChI is InChI=1S/C16H20BrN3/c1-2-20(12-5-3-4-6-12)15-8-7-14(18)13-9-11(17)10-19-16(13)15/h7-10,12H,2-6,18H2,1H3. The Labute approximate surface area is 128 Å². The van der Waals surface area contributed by atoms with Crippen LogP contribution in [-0.2, 0) is 0 Å². The van der Waals surface area contributed by atoms with E-state index in [-0.39, 0.29) is 0 Å². The number of hydrogen-bond acceptors (Lipinski definition) is 3. The molecule has 1 saturated carbocycles. The SMILES string of the molecule is CCN(c1ccc(N)c2cc(Br)cnc12)C1CCCC1. The van der Waals surface area contributed by atoms with Crippen LogP contribution in [0.1, 0.15) is 32.6 Å². The Morgan fingerprint density at radius 3 is 2.80 bits per heavy atom. The second kappa shape index (κ2) is 5.60. The molecule has 2 N–H and O–H groups in total. The molecule has 0 aliphatic heterocycles. The predicted molar refractivity (Wildman–Crippen MR) is 89.1 cm³/mol. The Kier molecular flexibility index (Phi) is 3.83. The number of hydrogen-bond donors (Lipinski definition) is 1. The number of halogens is 1. The van der Waals surface area contributed by atoms with Crippen molar-refractivity contribution in [2.24, 2.45) is 0 Å². The van der Waals surface area contributed by atoms with Crippen LogP contribution in [0.2, 0.25) is 0 Å². The van der Waals surface area contributed by atoms with Gasteiger partial charge in [-0.25, -0.2) is 0 Å². The number of benzene rings is 1. The smallest absolute Gasteiger partial charge is 0.0956 e. The van der Waals surface area contributed by atoms with Crippen LogP contribution >= 0.6 is 15.9 Å². The molecule has 1 aromatic carbocycles. The molecule has 1 aliphatic rings. The van der Waals surface area contributed by atoms with E-state index >= 15 is 0 Å². The van der Waals surface area contributed by atoms with E-state index in [4.69, 9.17) is 5.73 Å². The lowest BCUT2D eigenvalue weighted by Gasteiger charge is -2.30. The Balaban J connectivity index is 2.12. The average molecular weight is 334 g/mol. The molecule has 3 rings (SSSR count). The fourth-order valence-corrected chi connectivity index (χ4v) is 3.61. The maximum absolute atomic E-state index is 6.11. The lowest BCUT2D eigenvalue weighted by atomic mass is 10.1. The van der Waals surface area contributed by atoms with Crippen molar-refractivity contribution in [1.82, 2.24) is 4.98 Å². The summed E-state index contributed by atoms with van der Waals surface area (Å²) in [5.41, 5.74) is 9.14. The first-order valence-corrected chi connectivity index (χ1v) is 8.10. The summed E-state index contributed by atoms with van der Waals surface area (Å²) in [5.74, 6) is 0. The molecule has 0 spiro atoms. The van der Waals surface area contributed by atoms with Gasteiger partial charge in [-0.2, -0.15) is 0 Å². The first kappa shape index (κ1) is 13.7. The van der Waals surface area contributed by atoms with Gasteiger partial charge in [0.2, 0.25) is 0 Å². The van der Waals surface area contributed by atoms with Crippen LogP contribution < -0.4 is 10.6 Å². The van der Waals surface area contributed by atoms with E-state index in [2.05, 4.69) is 44.9 Å². The van der Waals surface area contributed by atoms with Crippen molar-refractivity contribution in [2.75, 3.05) is 17.2 Å². The van der Waals surface area contributed by atoms with Crippen molar-refractivity contribution in [3.63, 3.8) is 0 Å². The molecule has 1 aliphatic carbocycles. The number of aromatic nitrogens is 1. The summed E-state index contributed by atoms with van der Waals surface area (Å²) in [6.07, 6.45) is 7.11. The van der Waals surface area contributed by atoms with Gasteiger partial charge in [0, 0.05) is 34.3 Å². The zero-order chi connectivity index (χ0) is 14.1. The summed E-state index contributed by atoms with van der Waals surface area (Å²) in [6.45, 7) is 3.24. The Hall–Kier alpha value is -1.29. The van der Waals surface area contributed by atoms with E-state index in [0.29, 0.717) is 6.04 Å². The summed E-state index contributed by atoms with van der Waals surface area (Å²) in [5, 5.41) is 1.04. The zero-order valence-corrected chi connectivity index (χ0v) is 13.4. The summed E-state index contributed by atoms with van der Waals surface area (Å²) < 4.78 is 0.970. The number of rotatable bonds is 3. The van der Waals surface area contributed by atoms with Crippen molar-refractivity contribution in [3.05, 3.63) is 28.9 Å². The van der Waals surface area contributed by atoms with Gasteiger partial charge in [0.25, 0.3) is 0 Å². The quantitative estimate of drug-likeness (QED) is 0.849. The molecule has 1 heterocycles. The van der Waals surface area contributed by atoms with Gasteiger partial charge in [-0.05, 0) is 53.9 Å². The fourth-order valence-electron chi connectivity index (χ4n) is 3.27. The molecule has 0 atom stereocenters. The van der Waals surface area contributed by atoms with Gasteiger partial charge in [-0.3, -0.25) is 4.98 Å². The van der Waals surface area contributed by atoms with E-state index in [9.17, 15) is 0 Å². The van der Waals surface area contributed by atoms with Crippen LogP contribution in [0.15, 0.2) is 28.9 Å². The van der Waals surface area contributed by atoms with Gasteiger partial charge in [-0.15, -0.1) is 0 Å². The molecule has 0 radical (unpaired) electrons. The average Bonchev–Trinajstić information content (AvgIpc) is 2.96. The van der Waals surface area contributed by atoms with Crippen LogP contribution in [0, 0.1) is 0 Å². The number of nitrogens with two attached hydrogens (primary N) is 1. The van der Waals surface area contributed by atoms with Gasteiger partial charge in [0.15, 0.2) is 0 Å². The summed E-state index contributed by atoms with van der Waals surface area (Å²) >= 11 is 3.48. The highest BCUT2D eigenvalue weighted by Gasteiger charge is 2.23. The molecule has 4 heteroatoms. The van der Waals surface area contributed by atoms with Crippen molar-refractivity contribution in [1.29, 1.82) is 0 Å². The second-order valence-corrected chi connectivity index (χ2v) is 6.36. The van der Waals surface area contributed by atoms with Gasteiger partial charge >= 0.3 is 0 Å². The van der Waals surface area contributed by atoms with E-state index in [0.717, 1.165) is 27.6 Å². The third-order valence-corrected chi connectivity index (χ3v) is 4.68. The molecule has 2 aromatic rings. The molecule has 0 amide bonds. The topological polar surface area (TPSA) is 42.1 Å². The van der Waals surface area contributed by atoms with Gasteiger partial charge < -0.3 is 10.6 Å². The fraction of sp³-hybridized carbons (Fsp3) is 0.438. The highest BCUT2D eigenvalue weighted by molar-refractivity contribution is 9.10. The minimum atomic E-state index is 0.650. The Bertz CT molecular complexity index is 620. The third-order valence-electron chi connectivity index (χ3n) is 4.24. The Morgan fingerprint density at radius 2 is 2.10 bits per heavy atom. The third kappa shape index (κ3) is 2.37. The molecular formula is C16H20BrN3. The monoisotopic (exact) mass is 333 g/mol. The Morgan fingerprint density at radius 1 is 1.35 bits per heavy atom. The lowest BCUT2D eigenvalue weighted by molar-refractivity contribution is 0.621. The molecule has 1 fully saturated rings. The molecule has 106 valence electrons. The molecule has 0 unspecified atom stereocenters. The summed E-state index contributed by atoms with van der Waals surface area (Å²) in [4.78, 5) is 7.11.